The minimum Gasteiger partial charge on any atom is -0.454 e. The summed E-state index contributed by atoms with van der Waals surface area (Å²) in [5.74, 6) is -3.36. The minimum absolute atomic E-state index is 0.327. The Morgan fingerprint density at radius 2 is 1.65 bits per heavy atom. The predicted molar refractivity (Wildman–Crippen MR) is 75.1 cm³/mol. The molecule has 0 aromatic rings. The molecule has 9 nitrogen and oxygen atoms in total. The lowest BCUT2D eigenvalue weighted by Crippen LogP contribution is -2.43. The molecule has 2 fully saturated rings. The van der Waals surface area contributed by atoms with Crippen molar-refractivity contribution in [1.29, 1.82) is 0 Å². The Morgan fingerprint density at radius 3 is 2.17 bits per heavy atom. The molecule has 1 aliphatic carbocycles. The zero-order valence-corrected chi connectivity index (χ0v) is 12.8. The van der Waals surface area contributed by atoms with Crippen molar-refractivity contribution in [2.45, 2.75) is 32.6 Å². The Hall–Kier alpha value is -2.45. The number of nitrogens with zero attached hydrogens (tertiary/aromatic N) is 1. The maximum Gasteiger partial charge on any atom is 0.326 e. The van der Waals surface area contributed by atoms with Gasteiger partial charge in [0.25, 0.3) is 5.91 Å². The van der Waals surface area contributed by atoms with Gasteiger partial charge in [-0.05, 0) is 12.8 Å². The molecular weight excluding hydrogens is 306 g/mol. The fourth-order valence-corrected chi connectivity index (χ4v) is 2.90. The van der Waals surface area contributed by atoms with Gasteiger partial charge in [-0.1, -0.05) is 12.8 Å². The summed E-state index contributed by atoms with van der Waals surface area (Å²) in [7, 11) is 0. The van der Waals surface area contributed by atoms with Gasteiger partial charge in [-0.15, -0.1) is 0 Å². The number of imide groups is 1. The Balaban J connectivity index is 1.81. The monoisotopic (exact) mass is 325 g/mol. The fourth-order valence-electron chi connectivity index (χ4n) is 2.90. The summed E-state index contributed by atoms with van der Waals surface area (Å²) < 4.78 is 4.70. The number of amides is 4. The minimum atomic E-state index is -0.844. The summed E-state index contributed by atoms with van der Waals surface area (Å²) in [6.45, 7) is 0.108. The van der Waals surface area contributed by atoms with Crippen LogP contribution < -0.4 is 10.9 Å². The van der Waals surface area contributed by atoms with Gasteiger partial charge >= 0.3 is 5.97 Å². The van der Waals surface area contributed by atoms with Crippen molar-refractivity contribution in [2.75, 3.05) is 13.2 Å². The zero-order valence-electron chi connectivity index (χ0n) is 12.8. The van der Waals surface area contributed by atoms with Crippen LogP contribution in [0.3, 0.4) is 0 Å². The van der Waals surface area contributed by atoms with Crippen LogP contribution in [0.2, 0.25) is 0 Å². The molecule has 0 spiro atoms. The van der Waals surface area contributed by atoms with E-state index in [4.69, 9.17) is 4.74 Å². The summed E-state index contributed by atoms with van der Waals surface area (Å²) in [4.78, 5) is 58.8. The first-order valence-corrected chi connectivity index (χ1v) is 7.46. The predicted octanol–water partition coefficient (Wildman–Crippen LogP) is -1.13. The van der Waals surface area contributed by atoms with Crippen LogP contribution in [0.4, 0.5) is 0 Å². The largest absolute Gasteiger partial charge is 0.454 e. The molecule has 9 heteroatoms. The van der Waals surface area contributed by atoms with Crippen molar-refractivity contribution in [3.05, 3.63) is 0 Å². The highest BCUT2D eigenvalue weighted by Gasteiger charge is 2.48. The molecule has 2 N–H and O–H groups in total. The van der Waals surface area contributed by atoms with Gasteiger partial charge < -0.3 is 4.74 Å². The number of ether oxygens (including phenoxy) is 1. The summed E-state index contributed by atoms with van der Waals surface area (Å²) in [6, 6.07) is 0. The lowest BCUT2D eigenvalue weighted by atomic mass is 9.81. The van der Waals surface area contributed by atoms with Crippen LogP contribution >= 0.6 is 0 Å². The molecule has 1 saturated heterocycles. The van der Waals surface area contributed by atoms with E-state index in [0.29, 0.717) is 12.8 Å². The first-order valence-electron chi connectivity index (χ1n) is 7.46. The van der Waals surface area contributed by atoms with E-state index in [9.17, 15) is 24.0 Å². The highest BCUT2D eigenvalue weighted by Crippen LogP contribution is 2.37. The van der Waals surface area contributed by atoms with E-state index in [2.05, 4.69) is 0 Å². The number of esters is 1. The second-order valence-electron chi connectivity index (χ2n) is 5.65. The van der Waals surface area contributed by atoms with E-state index in [0.717, 1.165) is 17.7 Å². The maximum atomic E-state index is 12.2. The Labute approximate surface area is 132 Å². The second-order valence-corrected chi connectivity index (χ2v) is 5.65. The fraction of sp³-hybridized carbons (Fsp3) is 0.643. The molecular formula is C14H19N3O6. The van der Waals surface area contributed by atoms with E-state index in [1.165, 1.54) is 6.92 Å². The number of likely N-dealkylation sites (tertiary alicyclic amines) is 1. The number of fused-ring (bicyclic) bond motifs is 1. The van der Waals surface area contributed by atoms with Crippen molar-refractivity contribution in [1.82, 2.24) is 15.8 Å². The number of hydrogen-bond acceptors (Lipinski definition) is 6. The first kappa shape index (κ1) is 16.9. The van der Waals surface area contributed by atoms with E-state index >= 15 is 0 Å². The van der Waals surface area contributed by atoms with E-state index in [-0.39, 0.29) is 23.7 Å². The average molecular weight is 325 g/mol. The average Bonchev–Trinajstić information content (AvgIpc) is 2.76. The number of carbonyl (C=O) groups is 5. The third-order valence-electron chi connectivity index (χ3n) is 3.96. The van der Waals surface area contributed by atoms with E-state index in [1.54, 1.807) is 0 Å². The van der Waals surface area contributed by atoms with Gasteiger partial charge in [0, 0.05) is 6.92 Å². The molecule has 23 heavy (non-hydrogen) atoms. The zero-order chi connectivity index (χ0) is 17.0. The van der Waals surface area contributed by atoms with Gasteiger partial charge in [0.1, 0.15) is 6.54 Å². The van der Waals surface area contributed by atoms with Crippen LogP contribution in [0.1, 0.15) is 32.6 Å². The molecule has 0 bridgehead atoms. The second kappa shape index (κ2) is 7.21. The SMILES string of the molecule is CC(=O)NNC(=O)COC(=O)CN1C(=O)[C@H]2CCCC[C@@H]2C1=O. The van der Waals surface area contributed by atoms with Crippen molar-refractivity contribution in [3.8, 4) is 0 Å². The molecule has 2 aliphatic rings. The van der Waals surface area contributed by atoms with Crippen LogP contribution in [0.15, 0.2) is 0 Å². The van der Waals surface area contributed by atoms with Gasteiger partial charge in [-0.2, -0.15) is 0 Å². The van der Waals surface area contributed by atoms with Gasteiger partial charge in [0.05, 0.1) is 11.8 Å². The third kappa shape index (κ3) is 4.05. The smallest absolute Gasteiger partial charge is 0.326 e. The molecule has 0 aromatic carbocycles. The molecule has 0 unspecified atom stereocenters. The number of hydrazine groups is 1. The van der Waals surface area contributed by atoms with Crippen molar-refractivity contribution in [3.63, 3.8) is 0 Å². The van der Waals surface area contributed by atoms with Gasteiger partial charge in [0.15, 0.2) is 6.61 Å². The molecule has 0 radical (unpaired) electrons. The van der Waals surface area contributed by atoms with Gasteiger partial charge in [-0.3, -0.25) is 39.7 Å². The van der Waals surface area contributed by atoms with Crippen LogP contribution in [-0.2, 0) is 28.7 Å². The Bertz CT molecular complexity index is 523. The van der Waals surface area contributed by atoms with Crippen LogP contribution in [-0.4, -0.2) is 47.6 Å². The summed E-state index contributed by atoms with van der Waals surface area (Å²) in [5.41, 5.74) is 4.07. The number of hydrogen-bond donors (Lipinski definition) is 2. The molecule has 4 amide bonds. The molecule has 0 aromatic heterocycles. The number of carbonyl (C=O) groups excluding carboxylic acids is 5. The highest BCUT2D eigenvalue weighted by atomic mass is 16.5. The quantitative estimate of drug-likeness (QED) is 0.383. The Morgan fingerprint density at radius 1 is 1.09 bits per heavy atom. The summed E-state index contributed by atoms with van der Waals surface area (Å²) >= 11 is 0. The number of nitrogens with one attached hydrogen (secondary N) is 2. The van der Waals surface area contributed by atoms with Gasteiger partial charge in [0.2, 0.25) is 17.7 Å². The molecule has 1 aliphatic heterocycles. The molecule has 2 atom stereocenters. The summed E-state index contributed by atoms with van der Waals surface area (Å²) in [6.07, 6.45) is 3.14. The number of rotatable bonds is 4. The van der Waals surface area contributed by atoms with Crippen molar-refractivity contribution in [2.24, 2.45) is 11.8 Å². The van der Waals surface area contributed by atoms with Crippen molar-refractivity contribution < 1.29 is 28.7 Å². The molecule has 1 heterocycles. The molecule has 126 valence electrons. The maximum absolute atomic E-state index is 12.2. The van der Waals surface area contributed by atoms with E-state index in [1.807, 2.05) is 10.9 Å². The van der Waals surface area contributed by atoms with Crippen LogP contribution in [0, 0.1) is 11.8 Å². The normalized spacial score (nSPS) is 23.3. The molecule has 2 rings (SSSR count). The summed E-state index contributed by atoms with van der Waals surface area (Å²) in [5, 5.41) is 0. The van der Waals surface area contributed by atoms with Crippen LogP contribution in [0.25, 0.3) is 0 Å². The Kier molecular flexibility index (Phi) is 5.30. The van der Waals surface area contributed by atoms with Crippen molar-refractivity contribution >= 4 is 29.6 Å². The van der Waals surface area contributed by atoms with Crippen LogP contribution in [0.5, 0.6) is 0 Å². The third-order valence-corrected chi connectivity index (χ3v) is 3.96. The first-order chi connectivity index (χ1) is 10.9. The highest BCUT2D eigenvalue weighted by molar-refractivity contribution is 6.07. The van der Waals surface area contributed by atoms with E-state index < -0.39 is 30.9 Å². The standard InChI is InChI=1S/C14H19N3O6/c1-8(18)15-16-11(19)7-23-12(20)6-17-13(21)9-4-2-3-5-10(9)14(17)22/h9-10H,2-7H2,1H3,(H,15,18)(H,16,19)/t9-,10-/m0/s1. The lowest BCUT2D eigenvalue weighted by Gasteiger charge is -2.19. The topological polar surface area (TPSA) is 122 Å². The lowest BCUT2D eigenvalue weighted by molar-refractivity contribution is -0.155. The molecule has 1 saturated carbocycles. The van der Waals surface area contributed by atoms with Gasteiger partial charge in [-0.25, -0.2) is 0 Å².